The minimum absolute atomic E-state index is 0.0548. The first-order valence-electron chi connectivity index (χ1n) is 9.90. The number of furan rings is 1. The number of hydrogen-bond acceptors (Lipinski definition) is 5. The lowest BCUT2D eigenvalue weighted by Gasteiger charge is -2.26. The number of amides is 1. The second-order valence-corrected chi connectivity index (χ2v) is 7.23. The van der Waals surface area contributed by atoms with Gasteiger partial charge in [-0.1, -0.05) is 18.7 Å². The SMILES string of the molecule is C=CCOc1ccc(CN(CC2CCCO2)C(=O)c2cc(C)oc2C)cc1OC. The van der Waals surface area contributed by atoms with Crippen molar-refractivity contribution in [3.8, 4) is 11.5 Å². The van der Waals surface area contributed by atoms with Gasteiger partial charge in [-0.15, -0.1) is 0 Å². The van der Waals surface area contributed by atoms with Gasteiger partial charge in [-0.3, -0.25) is 4.79 Å². The van der Waals surface area contributed by atoms with Crippen LogP contribution in [-0.2, 0) is 11.3 Å². The van der Waals surface area contributed by atoms with Crippen molar-refractivity contribution in [1.29, 1.82) is 0 Å². The lowest BCUT2D eigenvalue weighted by molar-refractivity contribution is 0.0505. The average Bonchev–Trinajstić information content (AvgIpc) is 3.34. The normalized spacial score (nSPS) is 15.9. The summed E-state index contributed by atoms with van der Waals surface area (Å²) in [6, 6.07) is 7.51. The standard InChI is InChI=1S/C23H29NO5/c1-5-10-28-21-9-8-18(13-22(21)26-4)14-24(15-19-7-6-11-27-19)23(25)20-12-16(2)29-17(20)3/h5,8-9,12-13,19H,1,6-7,10-11,14-15H2,2-4H3. The lowest BCUT2D eigenvalue weighted by atomic mass is 10.1. The number of hydrogen-bond donors (Lipinski definition) is 0. The number of benzene rings is 1. The summed E-state index contributed by atoms with van der Waals surface area (Å²) >= 11 is 0. The molecule has 6 heteroatoms. The zero-order valence-electron chi connectivity index (χ0n) is 17.4. The Morgan fingerprint density at radius 1 is 1.31 bits per heavy atom. The van der Waals surface area contributed by atoms with Gasteiger partial charge in [0.2, 0.25) is 0 Å². The van der Waals surface area contributed by atoms with E-state index in [1.807, 2.05) is 36.9 Å². The first-order chi connectivity index (χ1) is 14.0. The number of rotatable bonds is 9. The molecule has 29 heavy (non-hydrogen) atoms. The summed E-state index contributed by atoms with van der Waals surface area (Å²) in [6.45, 7) is 9.47. The molecule has 156 valence electrons. The number of aryl methyl sites for hydroxylation is 2. The molecular weight excluding hydrogens is 370 g/mol. The Morgan fingerprint density at radius 3 is 2.76 bits per heavy atom. The molecule has 0 saturated carbocycles. The van der Waals surface area contributed by atoms with Crippen LogP contribution in [0.5, 0.6) is 11.5 Å². The number of ether oxygens (including phenoxy) is 3. The van der Waals surface area contributed by atoms with Gasteiger partial charge in [-0.25, -0.2) is 0 Å². The first kappa shape index (κ1) is 21.0. The largest absolute Gasteiger partial charge is 0.493 e. The Balaban J connectivity index is 1.83. The Hall–Kier alpha value is -2.73. The van der Waals surface area contributed by atoms with Crippen LogP contribution in [0.4, 0.5) is 0 Å². The predicted molar refractivity (Wildman–Crippen MR) is 111 cm³/mol. The molecule has 0 bridgehead atoms. The van der Waals surface area contributed by atoms with Crippen molar-refractivity contribution in [3.63, 3.8) is 0 Å². The Kier molecular flexibility index (Phi) is 6.99. The van der Waals surface area contributed by atoms with E-state index >= 15 is 0 Å². The molecule has 2 aromatic rings. The highest BCUT2D eigenvalue weighted by atomic mass is 16.5. The van der Waals surface area contributed by atoms with Crippen molar-refractivity contribution < 1.29 is 23.4 Å². The molecule has 1 aliphatic rings. The van der Waals surface area contributed by atoms with Gasteiger partial charge in [0.25, 0.3) is 5.91 Å². The van der Waals surface area contributed by atoms with E-state index in [2.05, 4.69) is 6.58 Å². The third kappa shape index (κ3) is 5.21. The second kappa shape index (κ2) is 9.65. The summed E-state index contributed by atoms with van der Waals surface area (Å²) in [5.74, 6) is 2.59. The fourth-order valence-electron chi connectivity index (χ4n) is 3.57. The van der Waals surface area contributed by atoms with Crippen LogP contribution in [0.25, 0.3) is 0 Å². The van der Waals surface area contributed by atoms with E-state index in [4.69, 9.17) is 18.6 Å². The molecule has 1 aliphatic heterocycles. The molecule has 1 unspecified atom stereocenters. The van der Waals surface area contributed by atoms with Crippen molar-refractivity contribution in [3.05, 3.63) is 59.6 Å². The maximum atomic E-state index is 13.3. The molecule has 1 aromatic carbocycles. The maximum absolute atomic E-state index is 13.3. The summed E-state index contributed by atoms with van der Waals surface area (Å²) in [6.07, 6.45) is 3.74. The lowest BCUT2D eigenvalue weighted by Crippen LogP contribution is -2.37. The van der Waals surface area contributed by atoms with Crippen LogP contribution >= 0.6 is 0 Å². The van der Waals surface area contributed by atoms with Crippen LogP contribution < -0.4 is 9.47 Å². The molecule has 0 spiro atoms. The van der Waals surface area contributed by atoms with Gasteiger partial charge >= 0.3 is 0 Å². The smallest absolute Gasteiger partial charge is 0.257 e. The number of nitrogens with zero attached hydrogens (tertiary/aromatic N) is 1. The number of carbonyl (C=O) groups excluding carboxylic acids is 1. The van der Waals surface area contributed by atoms with Gasteiger partial charge in [0.05, 0.1) is 18.8 Å². The van der Waals surface area contributed by atoms with Crippen LogP contribution in [0, 0.1) is 13.8 Å². The summed E-state index contributed by atoms with van der Waals surface area (Å²) in [7, 11) is 1.60. The van der Waals surface area contributed by atoms with Crippen LogP contribution in [0.3, 0.4) is 0 Å². The van der Waals surface area contributed by atoms with E-state index in [-0.39, 0.29) is 12.0 Å². The molecule has 1 saturated heterocycles. The van der Waals surface area contributed by atoms with E-state index < -0.39 is 0 Å². The van der Waals surface area contributed by atoms with Crippen molar-refractivity contribution >= 4 is 5.91 Å². The molecule has 1 fully saturated rings. The maximum Gasteiger partial charge on any atom is 0.257 e. The topological polar surface area (TPSA) is 61.1 Å². The van der Waals surface area contributed by atoms with E-state index in [0.717, 1.165) is 30.8 Å². The predicted octanol–water partition coefficient (Wildman–Crippen LogP) is 4.29. The van der Waals surface area contributed by atoms with Crippen LogP contribution in [0.2, 0.25) is 0 Å². The molecule has 0 N–H and O–H groups in total. The number of carbonyl (C=O) groups is 1. The highest BCUT2D eigenvalue weighted by Crippen LogP contribution is 2.29. The van der Waals surface area contributed by atoms with Gasteiger partial charge < -0.3 is 23.5 Å². The molecule has 3 rings (SSSR count). The van der Waals surface area contributed by atoms with E-state index in [1.54, 1.807) is 19.3 Å². The molecule has 1 atom stereocenters. The zero-order valence-corrected chi connectivity index (χ0v) is 17.4. The van der Waals surface area contributed by atoms with Gasteiger partial charge in [0.15, 0.2) is 11.5 Å². The molecule has 0 aliphatic carbocycles. The van der Waals surface area contributed by atoms with Crippen LogP contribution in [-0.4, -0.2) is 43.8 Å². The summed E-state index contributed by atoms with van der Waals surface area (Å²) in [5, 5.41) is 0. The Morgan fingerprint density at radius 2 is 2.14 bits per heavy atom. The van der Waals surface area contributed by atoms with Crippen molar-refractivity contribution in [1.82, 2.24) is 4.90 Å². The third-order valence-electron chi connectivity index (χ3n) is 4.96. The highest BCUT2D eigenvalue weighted by molar-refractivity contribution is 5.95. The monoisotopic (exact) mass is 399 g/mol. The Bertz CT molecular complexity index is 851. The minimum atomic E-state index is -0.0548. The highest BCUT2D eigenvalue weighted by Gasteiger charge is 2.26. The molecule has 6 nitrogen and oxygen atoms in total. The van der Waals surface area contributed by atoms with E-state index in [0.29, 0.717) is 42.5 Å². The molecular formula is C23H29NO5. The summed E-state index contributed by atoms with van der Waals surface area (Å²) < 4.78 is 22.4. The van der Waals surface area contributed by atoms with E-state index in [9.17, 15) is 4.79 Å². The fraction of sp³-hybridized carbons (Fsp3) is 0.435. The Labute approximate surface area is 172 Å². The van der Waals surface area contributed by atoms with Gasteiger partial charge in [-0.2, -0.15) is 0 Å². The molecule has 0 radical (unpaired) electrons. The molecule has 1 amide bonds. The summed E-state index contributed by atoms with van der Waals surface area (Å²) in [5.41, 5.74) is 1.55. The molecule has 2 heterocycles. The van der Waals surface area contributed by atoms with Crippen LogP contribution in [0.1, 0.15) is 40.3 Å². The van der Waals surface area contributed by atoms with Gasteiger partial charge in [-0.05, 0) is 50.5 Å². The molecule has 1 aromatic heterocycles. The van der Waals surface area contributed by atoms with E-state index in [1.165, 1.54) is 0 Å². The van der Waals surface area contributed by atoms with Gasteiger partial charge in [0.1, 0.15) is 18.1 Å². The van der Waals surface area contributed by atoms with Crippen molar-refractivity contribution in [2.75, 3.05) is 26.9 Å². The van der Waals surface area contributed by atoms with Crippen LogP contribution in [0.15, 0.2) is 41.3 Å². The summed E-state index contributed by atoms with van der Waals surface area (Å²) in [4.78, 5) is 15.1. The van der Waals surface area contributed by atoms with Crippen molar-refractivity contribution in [2.45, 2.75) is 39.3 Å². The zero-order chi connectivity index (χ0) is 20.8. The quantitative estimate of drug-likeness (QED) is 0.589. The average molecular weight is 399 g/mol. The second-order valence-electron chi connectivity index (χ2n) is 7.23. The van der Waals surface area contributed by atoms with Gasteiger partial charge in [0, 0.05) is 19.7 Å². The fourth-order valence-corrected chi connectivity index (χ4v) is 3.57. The minimum Gasteiger partial charge on any atom is -0.493 e. The first-order valence-corrected chi connectivity index (χ1v) is 9.90. The van der Waals surface area contributed by atoms with Crippen molar-refractivity contribution in [2.24, 2.45) is 0 Å². The number of methoxy groups -OCH3 is 1. The third-order valence-corrected chi connectivity index (χ3v) is 4.96.